The lowest BCUT2D eigenvalue weighted by Gasteiger charge is -2.38. The van der Waals surface area contributed by atoms with E-state index in [9.17, 15) is 21.6 Å². The molecule has 12 heteroatoms. The molecule has 1 aliphatic rings. The highest BCUT2D eigenvalue weighted by atomic mass is 32.2. The first-order chi connectivity index (χ1) is 13.0. The Bertz CT molecular complexity index is 1120. The van der Waals surface area contributed by atoms with Gasteiger partial charge in [-0.25, -0.2) is 21.6 Å². The van der Waals surface area contributed by atoms with Crippen molar-refractivity contribution in [1.29, 1.82) is 0 Å². The Morgan fingerprint density at radius 1 is 1.21 bits per heavy atom. The van der Waals surface area contributed by atoms with Gasteiger partial charge >= 0.3 is 0 Å². The Morgan fingerprint density at radius 2 is 1.89 bits per heavy atom. The van der Waals surface area contributed by atoms with Crippen molar-refractivity contribution in [2.24, 2.45) is 7.05 Å². The van der Waals surface area contributed by atoms with E-state index in [0.717, 1.165) is 5.56 Å². The first-order valence-electron chi connectivity index (χ1n) is 8.45. The number of carbonyl (C=O) groups is 1. The molecule has 1 aromatic carbocycles. The first kappa shape index (κ1) is 20.4. The van der Waals surface area contributed by atoms with E-state index in [0.29, 0.717) is 5.56 Å². The van der Waals surface area contributed by atoms with Gasteiger partial charge in [-0.3, -0.25) is 4.79 Å². The molecule has 152 valence electrons. The van der Waals surface area contributed by atoms with Gasteiger partial charge in [0.1, 0.15) is 11.6 Å². The summed E-state index contributed by atoms with van der Waals surface area (Å²) >= 11 is 0. The molecule has 0 aliphatic carbocycles. The van der Waals surface area contributed by atoms with Crippen LogP contribution in [0.25, 0.3) is 0 Å². The van der Waals surface area contributed by atoms with Gasteiger partial charge in [-0.05, 0) is 31.0 Å². The minimum atomic E-state index is -3.85. The second-order valence-corrected chi connectivity index (χ2v) is 10.6. The molecule has 1 N–H and O–H groups in total. The summed E-state index contributed by atoms with van der Waals surface area (Å²) in [6, 6.07) is 5.04. The van der Waals surface area contributed by atoms with E-state index in [1.807, 2.05) is 0 Å². The maximum Gasteiger partial charge on any atom is 0.249 e. The summed E-state index contributed by atoms with van der Waals surface area (Å²) in [4.78, 5) is 13.7. The minimum absolute atomic E-state index is 0.0147. The molecule has 0 bridgehead atoms. The molecule has 0 unspecified atom stereocenters. The lowest BCUT2D eigenvalue weighted by molar-refractivity contribution is -0.133. The van der Waals surface area contributed by atoms with Crippen LogP contribution in [0.15, 0.2) is 34.6 Å². The maximum atomic E-state index is 12.5. The molecular formula is C16H21N5O5S2. The van der Waals surface area contributed by atoms with Gasteiger partial charge in [0.15, 0.2) is 0 Å². The smallest absolute Gasteiger partial charge is 0.249 e. The zero-order valence-corrected chi connectivity index (χ0v) is 17.3. The average molecular weight is 428 g/mol. The summed E-state index contributed by atoms with van der Waals surface area (Å²) in [5.41, 5.74) is 1.36. The summed E-state index contributed by atoms with van der Waals surface area (Å²) in [6.07, 6.45) is 1.29. The number of rotatable bonds is 6. The molecule has 0 saturated carbocycles. The molecule has 2 heterocycles. The van der Waals surface area contributed by atoms with Crippen molar-refractivity contribution < 1.29 is 21.6 Å². The van der Waals surface area contributed by atoms with E-state index >= 15 is 0 Å². The van der Waals surface area contributed by atoms with Crippen LogP contribution in [0.1, 0.15) is 11.1 Å². The molecule has 10 nitrogen and oxygen atoms in total. The van der Waals surface area contributed by atoms with Gasteiger partial charge in [0.2, 0.25) is 30.9 Å². The van der Waals surface area contributed by atoms with Crippen molar-refractivity contribution in [1.82, 2.24) is 24.4 Å². The number of aromatic nitrogens is 3. The number of likely N-dealkylation sites (tertiary alicyclic amines) is 1. The normalized spacial score (nSPS) is 15.5. The van der Waals surface area contributed by atoms with Crippen LogP contribution in [0.2, 0.25) is 0 Å². The Balaban J connectivity index is 1.60. The lowest BCUT2D eigenvalue weighted by atomic mass is 10.2. The zero-order chi connectivity index (χ0) is 20.7. The van der Waals surface area contributed by atoms with Crippen molar-refractivity contribution >= 4 is 25.8 Å². The van der Waals surface area contributed by atoms with Crippen molar-refractivity contribution in [2.45, 2.75) is 29.1 Å². The van der Waals surface area contributed by atoms with E-state index in [-0.39, 0.29) is 23.1 Å². The molecule has 1 saturated heterocycles. The Morgan fingerprint density at radius 3 is 2.50 bits per heavy atom. The molecular weight excluding hydrogens is 406 g/mol. The number of hydrogen-bond acceptors (Lipinski definition) is 7. The zero-order valence-electron chi connectivity index (χ0n) is 15.7. The van der Waals surface area contributed by atoms with Crippen LogP contribution in [0.5, 0.6) is 0 Å². The van der Waals surface area contributed by atoms with Gasteiger partial charge in [0, 0.05) is 20.1 Å². The largest absolute Gasteiger partial charge is 0.339 e. The predicted molar refractivity (Wildman–Crippen MR) is 99.7 cm³/mol. The molecule has 3 rings (SSSR count). The number of nitrogens with zero attached hydrogens (tertiary/aromatic N) is 4. The molecule has 1 amide bonds. The van der Waals surface area contributed by atoms with E-state index in [1.165, 1.54) is 28.9 Å². The highest BCUT2D eigenvalue weighted by Gasteiger charge is 2.42. The highest BCUT2D eigenvalue weighted by molar-refractivity contribution is 7.92. The van der Waals surface area contributed by atoms with Crippen LogP contribution in [0, 0.1) is 13.8 Å². The van der Waals surface area contributed by atoms with Crippen molar-refractivity contribution in [2.75, 3.05) is 19.6 Å². The summed E-state index contributed by atoms with van der Waals surface area (Å²) in [5.74, 6) is -0.488. The number of nitrogens with one attached hydrogen (secondary N) is 1. The van der Waals surface area contributed by atoms with Crippen molar-refractivity contribution in [3.8, 4) is 0 Å². The molecule has 2 aromatic rings. The third-order valence-corrected chi connectivity index (χ3v) is 8.21. The first-order valence-corrected chi connectivity index (χ1v) is 11.5. The fourth-order valence-electron chi connectivity index (χ4n) is 2.86. The monoisotopic (exact) mass is 427 g/mol. The lowest BCUT2D eigenvalue weighted by Crippen LogP contribution is -2.58. The van der Waals surface area contributed by atoms with Crippen molar-refractivity contribution in [3.63, 3.8) is 0 Å². The van der Waals surface area contributed by atoms with E-state index in [4.69, 9.17) is 0 Å². The molecule has 0 atom stereocenters. The quantitative estimate of drug-likeness (QED) is 0.651. The minimum Gasteiger partial charge on any atom is -0.339 e. The number of carbonyl (C=O) groups excluding carboxylic acids is 1. The number of sulfonamides is 1. The SMILES string of the molecule is Cc1ccc(C)c(S(=O)(=O)NCC(=O)N2CC(S(=O)(=O)c3nncn3C)C2)c1. The molecule has 1 aliphatic heterocycles. The van der Waals surface area contributed by atoms with Crippen LogP contribution >= 0.6 is 0 Å². The van der Waals surface area contributed by atoms with Gasteiger partial charge < -0.3 is 9.47 Å². The third kappa shape index (κ3) is 3.80. The topological polar surface area (TPSA) is 131 Å². The Hall–Kier alpha value is -2.31. The van der Waals surface area contributed by atoms with Gasteiger partial charge in [-0.2, -0.15) is 0 Å². The maximum absolute atomic E-state index is 12.5. The summed E-state index contributed by atoms with van der Waals surface area (Å²) in [7, 11) is -6.02. The highest BCUT2D eigenvalue weighted by Crippen LogP contribution is 2.22. The summed E-state index contributed by atoms with van der Waals surface area (Å²) in [6.45, 7) is 2.99. The van der Waals surface area contributed by atoms with Crippen LogP contribution in [-0.2, 0) is 31.7 Å². The van der Waals surface area contributed by atoms with Gasteiger partial charge in [0.05, 0.1) is 11.4 Å². The molecule has 0 radical (unpaired) electrons. The second kappa shape index (κ2) is 7.26. The molecule has 0 spiro atoms. The predicted octanol–water partition coefficient (Wildman–Crippen LogP) is -0.605. The third-order valence-electron chi connectivity index (χ3n) is 4.61. The molecule has 1 aromatic heterocycles. The average Bonchev–Trinajstić information content (AvgIpc) is 3.00. The second-order valence-electron chi connectivity index (χ2n) is 6.78. The Kier molecular flexibility index (Phi) is 5.30. The fraction of sp³-hybridized carbons (Fsp3) is 0.438. The van der Waals surface area contributed by atoms with E-state index in [1.54, 1.807) is 26.0 Å². The van der Waals surface area contributed by atoms with Gasteiger partial charge in [-0.1, -0.05) is 12.1 Å². The van der Waals surface area contributed by atoms with Crippen LogP contribution in [0.3, 0.4) is 0 Å². The van der Waals surface area contributed by atoms with E-state index in [2.05, 4.69) is 14.9 Å². The standard InChI is InChI=1S/C16H21N5O5S2/c1-11-4-5-12(2)14(6-11)28(25,26)18-7-15(22)21-8-13(9-21)27(23,24)16-19-17-10-20(16)3/h4-6,10,13,18H,7-9H2,1-3H3. The number of amides is 1. The van der Waals surface area contributed by atoms with Crippen molar-refractivity contribution in [3.05, 3.63) is 35.7 Å². The van der Waals surface area contributed by atoms with E-state index < -0.39 is 37.6 Å². The van der Waals surface area contributed by atoms with Gasteiger partial charge in [-0.15, -0.1) is 10.2 Å². The van der Waals surface area contributed by atoms with Crippen LogP contribution < -0.4 is 4.72 Å². The number of aryl methyl sites for hydroxylation is 3. The fourth-order valence-corrected chi connectivity index (χ4v) is 5.82. The van der Waals surface area contributed by atoms with Gasteiger partial charge in [0.25, 0.3) is 0 Å². The summed E-state index contributed by atoms with van der Waals surface area (Å²) in [5, 5.41) is 6.23. The van der Waals surface area contributed by atoms with Crippen LogP contribution in [0.4, 0.5) is 0 Å². The number of sulfone groups is 1. The summed E-state index contributed by atoms with van der Waals surface area (Å²) < 4.78 is 53.4. The number of hydrogen-bond donors (Lipinski definition) is 1. The molecule has 28 heavy (non-hydrogen) atoms. The number of benzene rings is 1. The Labute approximate surface area is 163 Å². The molecule has 1 fully saturated rings. The van der Waals surface area contributed by atoms with Crippen LogP contribution in [-0.4, -0.2) is 67.3 Å².